The summed E-state index contributed by atoms with van der Waals surface area (Å²) in [6, 6.07) is 1.50. The molecule has 0 atom stereocenters. The molecule has 0 radical (unpaired) electrons. The van der Waals surface area contributed by atoms with Gasteiger partial charge in [0, 0.05) is 11.6 Å². The first-order valence-electron chi connectivity index (χ1n) is 2.39. The van der Waals surface area contributed by atoms with Crippen LogP contribution in [0.3, 0.4) is 0 Å². The number of aryl methyl sites for hydroxylation is 1. The van der Waals surface area contributed by atoms with Crippen LogP contribution in [0.5, 0.6) is 11.8 Å². The van der Waals surface area contributed by atoms with Crippen molar-refractivity contribution < 1.29 is 10.2 Å². The van der Waals surface area contributed by atoms with Gasteiger partial charge in [-0.1, -0.05) is 0 Å². The Bertz CT molecular complexity index is 209. The molecule has 1 rings (SSSR count). The van der Waals surface area contributed by atoms with Crippen LogP contribution in [0.15, 0.2) is 6.07 Å². The topological polar surface area (TPSA) is 45.4 Å². The molecular weight excluding hydrogens is 233 g/mol. The van der Waals surface area contributed by atoms with E-state index >= 15 is 0 Å². The van der Waals surface area contributed by atoms with Gasteiger partial charge in [0.1, 0.15) is 0 Å². The van der Waals surface area contributed by atoms with Crippen LogP contribution in [0.1, 0.15) is 5.56 Å². The van der Waals surface area contributed by atoms with E-state index in [0.717, 1.165) is 0 Å². The molecule has 3 nitrogen and oxygen atoms in total. The minimum atomic E-state index is 0.0746. The van der Waals surface area contributed by atoms with E-state index in [1.165, 1.54) is 8.85 Å². The van der Waals surface area contributed by atoms with Crippen molar-refractivity contribution in [1.29, 1.82) is 0 Å². The lowest BCUT2D eigenvalue weighted by Crippen LogP contribution is -1.74. The molecule has 2 N–H and O–H groups in total. The molecule has 0 aliphatic rings. The van der Waals surface area contributed by atoms with Crippen molar-refractivity contribution in [3.63, 3.8) is 0 Å². The van der Waals surface area contributed by atoms with Gasteiger partial charge in [-0.3, -0.25) is 0 Å². The van der Waals surface area contributed by atoms with Crippen LogP contribution >= 0.6 is 22.9 Å². The average molecular weight is 239 g/mol. The molecule has 4 heteroatoms. The first-order chi connectivity index (χ1) is 4.13. The number of aromatic hydroxyl groups is 2. The summed E-state index contributed by atoms with van der Waals surface area (Å²) in [6.45, 7) is 1.73. The molecule has 0 spiro atoms. The minimum absolute atomic E-state index is 0.0746. The molecule has 0 amide bonds. The van der Waals surface area contributed by atoms with E-state index < -0.39 is 0 Å². The van der Waals surface area contributed by atoms with E-state index in [9.17, 15) is 0 Å². The second-order valence-electron chi connectivity index (χ2n) is 1.79. The van der Waals surface area contributed by atoms with Crippen molar-refractivity contribution in [2.75, 3.05) is 0 Å². The number of aromatic nitrogens is 1. The summed E-state index contributed by atoms with van der Waals surface area (Å²) in [5.41, 5.74) is 0.682. The summed E-state index contributed by atoms with van der Waals surface area (Å²) in [4.78, 5) is 0. The molecule has 0 aliphatic carbocycles. The molecule has 1 aromatic heterocycles. The smallest absolute Gasteiger partial charge is 0.206 e. The molecule has 0 aliphatic heterocycles. The Balaban J connectivity index is 3.29. The Kier molecular flexibility index (Phi) is 1.56. The summed E-state index contributed by atoms with van der Waals surface area (Å²) in [5, 5.41) is 17.9. The quantitative estimate of drug-likeness (QED) is 0.672. The van der Waals surface area contributed by atoms with Crippen LogP contribution in [0.2, 0.25) is 0 Å². The summed E-state index contributed by atoms with van der Waals surface area (Å²) in [6.07, 6.45) is 0. The largest absolute Gasteiger partial charge is 0.494 e. The Labute approximate surface area is 66.4 Å². The van der Waals surface area contributed by atoms with E-state index in [4.69, 9.17) is 10.2 Å². The molecular formula is C5H6INO2. The third kappa shape index (κ3) is 0.983. The van der Waals surface area contributed by atoms with Crippen LogP contribution in [-0.2, 0) is 0 Å². The number of halogens is 1. The van der Waals surface area contributed by atoms with Crippen molar-refractivity contribution in [1.82, 2.24) is 2.78 Å². The first kappa shape index (κ1) is 6.73. The molecule has 50 valence electrons. The van der Waals surface area contributed by atoms with Gasteiger partial charge in [0.2, 0.25) is 11.8 Å². The molecule has 0 saturated carbocycles. The van der Waals surface area contributed by atoms with Crippen LogP contribution in [0, 0.1) is 6.92 Å². The normalized spacial score (nSPS) is 10.0. The Morgan fingerprint density at radius 2 is 2.11 bits per heavy atom. The monoisotopic (exact) mass is 239 g/mol. The Morgan fingerprint density at radius 1 is 1.56 bits per heavy atom. The zero-order valence-electron chi connectivity index (χ0n) is 4.80. The molecule has 0 bridgehead atoms. The fraction of sp³-hybridized carbons (Fsp3) is 0.200. The van der Waals surface area contributed by atoms with E-state index in [0.29, 0.717) is 5.56 Å². The summed E-state index contributed by atoms with van der Waals surface area (Å²) in [5.74, 6) is 0.179. The zero-order valence-corrected chi connectivity index (χ0v) is 6.95. The van der Waals surface area contributed by atoms with Crippen molar-refractivity contribution in [2.45, 2.75) is 6.92 Å². The third-order valence-corrected chi connectivity index (χ3v) is 2.04. The summed E-state index contributed by atoms with van der Waals surface area (Å²) < 4.78 is 1.28. The molecule has 1 aromatic rings. The van der Waals surface area contributed by atoms with Crippen LogP contribution in [-0.4, -0.2) is 13.0 Å². The standard InChI is InChI=1S/C5H6INO2/c1-3-2-4(8)7(6)5(3)9/h2,8-9H,1H3. The SMILES string of the molecule is Cc1cc(O)n(I)c1O. The lowest BCUT2D eigenvalue weighted by molar-refractivity contribution is 0.420. The van der Waals surface area contributed by atoms with Gasteiger partial charge in [0.25, 0.3) is 0 Å². The molecule has 1 heterocycles. The van der Waals surface area contributed by atoms with Gasteiger partial charge >= 0.3 is 0 Å². The molecule has 0 saturated heterocycles. The fourth-order valence-corrected chi connectivity index (χ4v) is 1.10. The fourth-order valence-electron chi connectivity index (χ4n) is 0.578. The summed E-state index contributed by atoms with van der Waals surface area (Å²) >= 11 is 1.81. The highest BCUT2D eigenvalue weighted by molar-refractivity contribution is 14.1. The van der Waals surface area contributed by atoms with Crippen LogP contribution in [0.4, 0.5) is 0 Å². The predicted octanol–water partition coefficient (Wildman–Crippen LogP) is 1.41. The molecule has 9 heavy (non-hydrogen) atoms. The van der Waals surface area contributed by atoms with Crippen LogP contribution in [0.25, 0.3) is 0 Å². The van der Waals surface area contributed by atoms with E-state index in [1.54, 1.807) is 29.8 Å². The van der Waals surface area contributed by atoms with E-state index in [2.05, 4.69) is 0 Å². The van der Waals surface area contributed by atoms with Gasteiger partial charge < -0.3 is 10.2 Å². The van der Waals surface area contributed by atoms with Crippen LogP contribution < -0.4 is 0 Å². The Morgan fingerprint density at radius 3 is 2.22 bits per heavy atom. The maximum atomic E-state index is 9.02. The Hall–Kier alpha value is -0.390. The number of nitrogens with zero attached hydrogens (tertiary/aromatic N) is 1. The van der Waals surface area contributed by atoms with Gasteiger partial charge in [0.05, 0.1) is 22.9 Å². The minimum Gasteiger partial charge on any atom is -0.494 e. The average Bonchev–Trinajstić information content (AvgIpc) is 1.98. The number of rotatable bonds is 0. The summed E-state index contributed by atoms with van der Waals surface area (Å²) in [7, 11) is 0. The number of hydrogen-bond donors (Lipinski definition) is 2. The zero-order chi connectivity index (χ0) is 7.02. The van der Waals surface area contributed by atoms with E-state index in [-0.39, 0.29) is 11.8 Å². The second kappa shape index (κ2) is 2.09. The highest BCUT2D eigenvalue weighted by Crippen LogP contribution is 2.28. The first-order valence-corrected chi connectivity index (χ1v) is 3.36. The molecule has 0 aromatic carbocycles. The highest BCUT2D eigenvalue weighted by atomic mass is 127. The van der Waals surface area contributed by atoms with Gasteiger partial charge in [0.15, 0.2) is 0 Å². The highest BCUT2D eigenvalue weighted by Gasteiger charge is 2.05. The predicted molar refractivity (Wildman–Crippen MR) is 41.9 cm³/mol. The maximum Gasteiger partial charge on any atom is 0.206 e. The number of hydrogen-bond acceptors (Lipinski definition) is 2. The van der Waals surface area contributed by atoms with Gasteiger partial charge in [-0.15, -0.1) is 0 Å². The van der Waals surface area contributed by atoms with Crippen molar-refractivity contribution in [2.24, 2.45) is 0 Å². The lowest BCUT2D eigenvalue weighted by Gasteiger charge is -1.91. The molecule has 0 fully saturated rings. The van der Waals surface area contributed by atoms with Crippen molar-refractivity contribution in [3.05, 3.63) is 11.6 Å². The van der Waals surface area contributed by atoms with Gasteiger partial charge in [-0.05, 0) is 6.92 Å². The van der Waals surface area contributed by atoms with Gasteiger partial charge in [-0.2, -0.15) is 0 Å². The van der Waals surface area contributed by atoms with E-state index in [1.807, 2.05) is 0 Å². The van der Waals surface area contributed by atoms with Gasteiger partial charge in [-0.25, -0.2) is 2.78 Å². The third-order valence-electron chi connectivity index (χ3n) is 1.09. The molecule has 0 unspecified atom stereocenters. The second-order valence-corrected chi connectivity index (χ2v) is 2.75. The lowest BCUT2D eigenvalue weighted by atomic mass is 10.4. The van der Waals surface area contributed by atoms with Crippen molar-refractivity contribution >= 4 is 22.9 Å². The maximum absolute atomic E-state index is 9.02. The van der Waals surface area contributed by atoms with Crippen molar-refractivity contribution in [3.8, 4) is 11.8 Å².